The van der Waals surface area contributed by atoms with E-state index in [2.05, 4.69) is 14.3 Å². The fraction of sp³-hybridized carbons (Fsp3) is 0.375. The maximum absolute atomic E-state index is 14.9. The second-order valence-corrected chi connectivity index (χ2v) is 10.0. The smallest absolute Gasteiger partial charge is 0.265 e. The van der Waals surface area contributed by atoms with Crippen LogP contribution in [0.5, 0.6) is 5.75 Å². The minimum atomic E-state index is -3.00. The highest BCUT2D eigenvalue weighted by Gasteiger charge is 2.43. The number of anilines is 2. The molecule has 0 bridgehead atoms. The molecule has 4 aromatic rings. The first-order valence-electron chi connectivity index (χ1n) is 11.7. The second-order valence-electron chi connectivity index (χ2n) is 9.30. The first-order valence-corrected chi connectivity index (χ1v) is 12.5. The highest BCUT2D eigenvalue weighted by atomic mass is 32.1. The molecule has 38 heavy (non-hydrogen) atoms. The van der Waals surface area contributed by atoms with Crippen molar-refractivity contribution in [3.63, 3.8) is 0 Å². The standard InChI is InChI=1S/C24H25F4N7O2S/c1-37-18-7-14(25)13(6-15(18)26)16-5-12(9-35-11-32-19-22(29)33-38-23(19)35)17(8-31-16)34-4-2-3-24(30,10-34)20(36)21(27)28/h5-8,11,20-21,36H,2-4,9-10,30H2,1H3,(H2,29,33)/t20-,24-/m1/s1. The van der Waals surface area contributed by atoms with E-state index in [9.17, 15) is 22.7 Å². The summed E-state index contributed by atoms with van der Waals surface area (Å²) in [5.41, 5.74) is 12.4. The summed E-state index contributed by atoms with van der Waals surface area (Å²) in [5.74, 6) is -1.43. The number of benzene rings is 1. The van der Waals surface area contributed by atoms with Crippen LogP contribution in [0.4, 0.5) is 29.1 Å². The van der Waals surface area contributed by atoms with Crippen molar-refractivity contribution < 1.29 is 27.4 Å². The van der Waals surface area contributed by atoms with Crippen molar-refractivity contribution in [2.45, 2.75) is 37.5 Å². The maximum atomic E-state index is 14.9. The van der Waals surface area contributed by atoms with Crippen molar-refractivity contribution >= 4 is 33.4 Å². The number of halogens is 4. The first kappa shape index (κ1) is 26.1. The van der Waals surface area contributed by atoms with Crippen LogP contribution in [0.1, 0.15) is 18.4 Å². The van der Waals surface area contributed by atoms with E-state index >= 15 is 0 Å². The number of imidazole rings is 1. The maximum Gasteiger partial charge on any atom is 0.265 e. The Morgan fingerprint density at radius 3 is 2.74 bits per heavy atom. The molecular formula is C24H25F4N7O2S. The number of fused-ring (bicyclic) bond motifs is 1. The van der Waals surface area contributed by atoms with Crippen LogP contribution in [0.15, 0.2) is 30.7 Å². The van der Waals surface area contributed by atoms with E-state index in [4.69, 9.17) is 16.2 Å². The summed E-state index contributed by atoms with van der Waals surface area (Å²) < 4.78 is 66.9. The Labute approximate surface area is 218 Å². The van der Waals surface area contributed by atoms with Gasteiger partial charge in [0.15, 0.2) is 17.4 Å². The van der Waals surface area contributed by atoms with Crippen LogP contribution in [-0.2, 0) is 6.54 Å². The number of rotatable bonds is 7. The second kappa shape index (κ2) is 10.0. The Kier molecular flexibility index (Phi) is 6.88. The van der Waals surface area contributed by atoms with Gasteiger partial charge in [-0.3, -0.25) is 4.98 Å². The van der Waals surface area contributed by atoms with Gasteiger partial charge in [0.05, 0.1) is 43.1 Å². The third-order valence-corrected chi connectivity index (χ3v) is 7.70. The quantitative estimate of drug-likeness (QED) is 0.298. The topological polar surface area (TPSA) is 128 Å². The summed E-state index contributed by atoms with van der Waals surface area (Å²) in [6, 6.07) is 3.55. The van der Waals surface area contributed by atoms with Crippen molar-refractivity contribution in [3.8, 4) is 17.0 Å². The normalized spacial score (nSPS) is 18.9. The summed E-state index contributed by atoms with van der Waals surface area (Å²) in [7, 11) is 1.24. The molecule has 1 fully saturated rings. The summed E-state index contributed by atoms with van der Waals surface area (Å²) in [6.45, 7) is 0.640. The summed E-state index contributed by atoms with van der Waals surface area (Å²) in [4.78, 5) is 11.2. The third kappa shape index (κ3) is 4.63. The van der Waals surface area contributed by atoms with Crippen molar-refractivity contribution in [2.24, 2.45) is 5.73 Å². The molecule has 1 aliphatic rings. The zero-order chi connectivity index (χ0) is 27.2. The van der Waals surface area contributed by atoms with E-state index in [1.807, 2.05) is 0 Å². The van der Waals surface area contributed by atoms with Gasteiger partial charge in [-0.25, -0.2) is 22.5 Å². The number of nitrogens with two attached hydrogens (primary N) is 2. The van der Waals surface area contributed by atoms with Gasteiger partial charge in [-0.2, -0.15) is 4.37 Å². The average molecular weight is 552 g/mol. The van der Waals surface area contributed by atoms with Crippen LogP contribution in [0.2, 0.25) is 0 Å². The average Bonchev–Trinajstić information content (AvgIpc) is 3.47. The molecule has 0 amide bonds. The summed E-state index contributed by atoms with van der Waals surface area (Å²) in [6.07, 6.45) is -1.27. The monoisotopic (exact) mass is 551 g/mol. The van der Waals surface area contributed by atoms with Crippen LogP contribution < -0.4 is 21.1 Å². The molecule has 5 N–H and O–H groups in total. The Morgan fingerprint density at radius 1 is 1.21 bits per heavy atom. The molecule has 1 saturated heterocycles. The van der Waals surface area contributed by atoms with Crippen molar-refractivity contribution in [1.29, 1.82) is 0 Å². The molecule has 1 aromatic carbocycles. The number of methoxy groups -OCH3 is 1. The van der Waals surface area contributed by atoms with Gasteiger partial charge in [0, 0.05) is 24.7 Å². The number of aliphatic hydroxyl groups is 1. The third-order valence-electron chi connectivity index (χ3n) is 6.81. The number of nitrogens with zero attached hydrogens (tertiary/aromatic N) is 5. The highest BCUT2D eigenvalue weighted by Crippen LogP contribution is 2.35. The summed E-state index contributed by atoms with van der Waals surface area (Å²) in [5, 5.41) is 10.1. The molecule has 3 aromatic heterocycles. The fourth-order valence-corrected chi connectivity index (χ4v) is 5.55. The molecule has 4 heterocycles. The number of nitrogen functional groups attached to an aromatic ring is 1. The molecule has 14 heteroatoms. The van der Waals surface area contributed by atoms with Gasteiger partial charge in [0.1, 0.15) is 22.3 Å². The minimum Gasteiger partial charge on any atom is -0.494 e. The molecule has 0 spiro atoms. The molecule has 9 nitrogen and oxygen atoms in total. The molecule has 0 unspecified atom stereocenters. The number of aliphatic hydroxyl groups excluding tert-OH is 1. The van der Waals surface area contributed by atoms with Gasteiger partial charge in [-0.05, 0) is 42.1 Å². The van der Waals surface area contributed by atoms with Crippen LogP contribution in [0, 0.1) is 11.6 Å². The Hall–Kier alpha value is -3.49. The number of pyridine rings is 1. The number of hydrogen-bond acceptors (Lipinski definition) is 9. The van der Waals surface area contributed by atoms with Crippen LogP contribution in [-0.4, -0.2) is 62.3 Å². The number of ether oxygens (including phenoxy) is 1. The van der Waals surface area contributed by atoms with E-state index in [-0.39, 0.29) is 36.5 Å². The van der Waals surface area contributed by atoms with Crippen molar-refractivity contribution in [3.05, 3.63) is 47.9 Å². The largest absolute Gasteiger partial charge is 0.494 e. The van der Waals surface area contributed by atoms with Gasteiger partial charge in [-0.15, -0.1) is 0 Å². The fourth-order valence-electron chi connectivity index (χ4n) is 4.81. The van der Waals surface area contributed by atoms with Crippen LogP contribution in [0.3, 0.4) is 0 Å². The van der Waals surface area contributed by atoms with Crippen molar-refractivity contribution in [1.82, 2.24) is 18.9 Å². The molecular weight excluding hydrogens is 526 g/mol. The van der Waals surface area contributed by atoms with E-state index in [1.165, 1.54) is 13.3 Å². The first-order chi connectivity index (χ1) is 18.1. The lowest BCUT2D eigenvalue weighted by molar-refractivity contribution is -0.0529. The number of aromatic nitrogens is 4. The van der Waals surface area contributed by atoms with E-state index < -0.39 is 29.7 Å². The Bertz CT molecular complexity index is 1480. The van der Waals surface area contributed by atoms with Gasteiger partial charge in [0.2, 0.25) is 0 Å². The number of alkyl halides is 2. The molecule has 2 atom stereocenters. The lowest BCUT2D eigenvalue weighted by Crippen LogP contribution is -2.63. The highest BCUT2D eigenvalue weighted by molar-refractivity contribution is 7.13. The lowest BCUT2D eigenvalue weighted by Gasteiger charge is -2.44. The molecule has 202 valence electrons. The molecule has 0 aliphatic carbocycles. The Balaban J connectivity index is 1.59. The van der Waals surface area contributed by atoms with Crippen LogP contribution >= 0.6 is 11.5 Å². The molecule has 1 aliphatic heterocycles. The van der Waals surface area contributed by atoms with Gasteiger partial charge in [0.25, 0.3) is 6.43 Å². The summed E-state index contributed by atoms with van der Waals surface area (Å²) >= 11 is 1.16. The zero-order valence-corrected chi connectivity index (χ0v) is 21.1. The molecule has 5 rings (SSSR count). The number of hydrogen-bond donors (Lipinski definition) is 3. The minimum absolute atomic E-state index is 0.0507. The predicted molar refractivity (Wildman–Crippen MR) is 135 cm³/mol. The lowest BCUT2D eigenvalue weighted by atomic mass is 9.84. The molecule has 0 saturated carbocycles. The van der Waals surface area contributed by atoms with Gasteiger partial charge in [-0.1, -0.05) is 0 Å². The SMILES string of the molecule is COc1cc(F)c(-c2cc(Cn3cnc4c(N)nsc43)c(N3CCC[C@](N)([C@H](O)C(F)F)C3)cn2)cc1F. The van der Waals surface area contributed by atoms with E-state index in [0.717, 1.165) is 23.7 Å². The van der Waals surface area contributed by atoms with E-state index in [1.54, 1.807) is 21.9 Å². The van der Waals surface area contributed by atoms with Crippen LogP contribution in [0.25, 0.3) is 21.6 Å². The Morgan fingerprint density at radius 2 is 2.00 bits per heavy atom. The van der Waals surface area contributed by atoms with E-state index in [0.29, 0.717) is 40.4 Å². The molecule has 0 radical (unpaired) electrons. The van der Waals surface area contributed by atoms with Crippen molar-refractivity contribution in [2.75, 3.05) is 30.8 Å². The van der Waals surface area contributed by atoms with Gasteiger partial charge < -0.3 is 30.8 Å². The zero-order valence-electron chi connectivity index (χ0n) is 20.2. The number of piperidine rings is 1. The van der Waals surface area contributed by atoms with Gasteiger partial charge >= 0.3 is 0 Å². The predicted octanol–water partition coefficient (Wildman–Crippen LogP) is 3.40.